The van der Waals surface area contributed by atoms with Gasteiger partial charge in [-0.2, -0.15) is 5.26 Å². The van der Waals surface area contributed by atoms with E-state index in [0.717, 1.165) is 35.0 Å². The van der Waals surface area contributed by atoms with Gasteiger partial charge < -0.3 is 10.5 Å². The van der Waals surface area contributed by atoms with Gasteiger partial charge in [-0.15, -0.1) is 0 Å². The number of nitrogens with two attached hydrogens (primary N) is 1. The second-order valence-corrected chi connectivity index (χ2v) is 6.71. The zero-order chi connectivity index (χ0) is 15.2. The largest absolute Gasteiger partial charge is 0.492 e. The quantitative estimate of drug-likeness (QED) is 0.763. The first-order valence-electron chi connectivity index (χ1n) is 6.93. The van der Waals surface area contributed by atoms with Crippen molar-refractivity contribution in [3.8, 4) is 11.8 Å². The van der Waals surface area contributed by atoms with Gasteiger partial charge >= 0.3 is 0 Å². The van der Waals surface area contributed by atoms with Gasteiger partial charge in [-0.3, -0.25) is 0 Å². The van der Waals surface area contributed by atoms with E-state index >= 15 is 0 Å². The molecule has 0 heterocycles. The molecule has 0 amide bonds. The molecule has 0 saturated carbocycles. The fraction of sp³-hybridized carbons (Fsp3) is 0.562. The van der Waals surface area contributed by atoms with E-state index in [0.29, 0.717) is 6.61 Å². The van der Waals surface area contributed by atoms with Gasteiger partial charge in [-0.05, 0) is 67.6 Å². The van der Waals surface area contributed by atoms with E-state index in [2.05, 4.69) is 22.0 Å². The van der Waals surface area contributed by atoms with E-state index in [-0.39, 0.29) is 11.5 Å². The first kappa shape index (κ1) is 17.0. The van der Waals surface area contributed by atoms with Crippen molar-refractivity contribution in [2.75, 3.05) is 6.61 Å². The predicted molar refractivity (Wildman–Crippen MR) is 85.6 cm³/mol. The number of hydrogen-bond acceptors (Lipinski definition) is 3. The number of hydrogen-bond donors (Lipinski definition) is 1. The minimum atomic E-state index is -0.286. The number of nitrogens with zero attached hydrogens (tertiary/aromatic N) is 1. The van der Waals surface area contributed by atoms with Crippen LogP contribution in [0.15, 0.2) is 22.7 Å². The van der Waals surface area contributed by atoms with Gasteiger partial charge in [0.15, 0.2) is 0 Å². The maximum atomic E-state index is 8.99. The average molecular weight is 339 g/mol. The van der Waals surface area contributed by atoms with Crippen LogP contribution in [0.1, 0.15) is 39.2 Å². The average Bonchev–Trinajstić information content (AvgIpc) is 2.36. The molecule has 0 bridgehead atoms. The Morgan fingerprint density at radius 2 is 2.15 bits per heavy atom. The molecule has 20 heavy (non-hydrogen) atoms. The Morgan fingerprint density at radius 1 is 1.45 bits per heavy atom. The number of para-hydroxylation sites is 1. The third-order valence-electron chi connectivity index (χ3n) is 3.09. The van der Waals surface area contributed by atoms with Crippen molar-refractivity contribution in [1.29, 1.82) is 5.26 Å². The van der Waals surface area contributed by atoms with Crippen molar-refractivity contribution in [2.45, 2.75) is 46.1 Å². The Hall–Kier alpha value is -1.05. The molecule has 0 spiro atoms. The topological polar surface area (TPSA) is 59.0 Å². The lowest BCUT2D eigenvalue weighted by Gasteiger charge is -2.17. The van der Waals surface area contributed by atoms with Crippen molar-refractivity contribution >= 4 is 15.9 Å². The maximum absolute atomic E-state index is 8.99. The Labute approximate surface area is 130 Å². The molecular weight excluding hydrogens is 316 g/mol. The van der Waals surface area contributed by atoms with Crippen LogP contribution in [0.25, 0.3) is 0 Å². The summed E-state index contributed by atoms with van der Waals surface area (Å²) in [6.45, 7) is 6.50. The molecule has 0 aliphatic heterocycles. The zero-order valence-electron chi connectivity index (χ0n) is 12.4. The highest BCUT2D eigenvalue weighted by molar-refractivity contribution is 9.10. The first-order chi connectivity index (χ1) is 9.35. The van der Waals surface area contributed by atoms with Gasteiger partial charge in [0.25, 0.3) is 0 Å². The summed E-state index contributed by atoms with van der Waals surface area (Å²) in [5, 5.41) is 8.99. The van der Waals surface area contributed by atoms with Crippen LogP contribution in [0.2, 0.25) is 0 Å². The summed E-state index contributed by atoms with van der Waals surface area (Å²) in [5.74, 6) is 0.875. The van der Waals surface area contributed by atoms with Crippen LogP contribution in [-0.2, 0) is 6.42 Å². The lowest BCUT2D eigenvalue weighted by atomic mass is 9.90. The Balaban J connectivity index is 2.61. The fourth-order valence-corrected chi connectivity index (χ4v) is 2.49. The molecule has 3 nitrogen and oxygen atoms in total. The number of halogens is 1. The van der Waals surface area contributed by atoms with Gasteiger partial charge in [0, 0.05) is 6.04 Å². The molecule has 0 aromatic heterocycles. The molecule has 1 atom stereocenters. The van der Waals surface area contributed by atoms with Crippen LogP contribution in [0.4, 0.5) is 0 Å². The summed E-state index contributed by atoms with van der Waals surface area (Å²) in [7, 11) is 0. The lowest BCUT2D eigenvalue weighted by molar-refractivity contribution is 0.280. The van der Waals surface area contributed by atoms with Crippen molar-refractivity contribution in [2.24, 2.45) is 11.1 Å². The summed E-state index contributed by atoms with van der Waals surface area (Å²) >= 11 is 3.52. The minimum absolute atomic E-state index is 0.101. The van der Waals surface area contributed by atoms with Crippen LogP contribution in [0.5, 0.6) is 5.75 Å². The molecule has 1 aromatic carbocycles. The van der Waals surface area contributed by atoms with Crippen LogP contribution in [-0.4, -0.2) is 12.6 Å². The van der Waals surface area contributed by atoms with Crippen molar-refractivity contribution in [3.05, 3.63) is 28.2 Å². The summed E-state index contributed by atoms with van der Waals surface area (Å²) in [6, 6.07) is 8.42. The number of nitriles is 1. The molecule has 0 aliphatic carbocycles. The van der Waals surface area contributed by atoms with Gasteiger partial charge in [0.2, 0.25) is 0 Å². The number of benzene rings is 1. The van der Waals surface area contributed by atoms with E-state index in [1.165, 1.54) is 0 Å². The molecular formula is C16H23BrN2O. The highest BCUT2D eigenvalue weighted by atomic mass is 79.9. The third kappa shape index (κ3) is 5.52. The van der Waals surface area contributed by atoms with Crippen molar-refractivity contribution in [3.63, 3.8) is 0 Å². The third-order valence-corrected chi connectivity index (χ3v) is 3.71. The standard InChI is InChI=1S/C16H23BrN2O/c1-12(19)10-13-6-4-7-14(17)15(13)20-9-5-8-16(2,3)11-18/h4,6-7,12H,5,8-10,19H2,1-3H3. The molecule has 1 unspecified atom stereocenters. The Morgan fingerprint density at radius 3 is 2.75 bits per heavy atom. The number of rotatable bonds is 7. The van der Waals surface area contributed by atoms with Crippen molar-refractivity contribution in [1.82, 2.24) is 0 Å². The summed E-state index contributed by atoms with van der Waals surface area (Å²) in [6.07, 6.45) is 2.48. The molecule has 1 aromatic rings. The predicted octanol–water partition coefficient (Wildman–Crippen LogP) is 4.05. The first-order valence-corrected chi connectivity index (χ1v) is 7.72. The highest BCUT2D eigenvalue weighted by Gasteiger charge is 2.16. The molecule has 4 heteroatoms. The van der Waals surface area contributed by atoms with E-state index in [4.69, 9.17) is 15.7 Å². The van der Waals surface area contributed by atoms with Crippen LogP contribution in [0, 0.1) is 16.7 Å². The SMILES string of the molecule is CC(N)Cc1cccc(Br)c1OCCCC(C)(C)C#N. The Kier molecular flexibility index (Phi) is 6.51. The van der Waals surface area contributed by atoms with Crippen molar-refractivity contribution < 1.29 is 4.74 Å². The van der Waals surface area contributed by atoms with Crippen LogP contribution < -0.4 is 10.5 Å². The van der Waals surface area contributed by atoms with E-state index in [1.54, 1.807) is 0 Å². The monoisotopic (exact) mass is 338 g/mol. The summed E-state index contributed by atoms with van der Waals surface area (Å²) < 4.78 is 6.85. The molecule has 0 radical (unpaired) electrons. The molecule has 2 N–H and O–H groups in total. The Bertz CT molecular complexity index is 478. The summed E-state index contributed by atoms with van der Waals surface area (Å²) in [4.78, 5) is 0. The van der Waals surface area contributed by atoms with E-state index in [9.17, 15) is 0 Å². The summed E-state index contributed by atoms with van der Waals surface area (Å²) in [5.41, 5.74) is 6.70. The van der Waals surface area contributed by atoms with E-state index in [1.807, 2.05) is 39.0 Å². The normalized spacial score (nSPS) is 12.8. The second kappa shape index (κ2) is 7.66. The van der Waals surface area contributed by atoms with E-state index < -0.39 is 0 Å². The molecule has 0 saturated heterocycles. The molecule has 0 fully saturated rings. The van der Waals surface area contributed by atoms with Gasteiger partial charge in [-0.25, -0.2) is 0 Å². The highest BCUT2D eigenvalue weighted by Crippen LogP contribution is 2.30. The zero-order valence-corrected chi connectivity index (χ0v) is 14.0. The smallest absolute Gasteiger partial charge is 0.136 e. The fourth-order valence-electron chi connectivity index (χ4n) is 1.97. The van der Waals surface area contributed by atoms with Gasteiger partial charge in [-0.1, -0.05) is 12.1 Å². The minimum Gasteiger partial charge on any atom is -0.492 e. The van der Waals surface area contributed by atoms with Crippen LogP contribution >= 0.6 is 15.9 Å². The molecule has 1 rings (SSSR count). The lowest BCUT2D eigenvalue weighted by Crippen LogP contribution is -2.18. The molecule has 110 valence electrons. The van der Waals surface area contributed by atoms with Crippen LogP contribution in [0.3, 0.4) is 0 Å². The van der Waals surface area contributed by atoms with Gasteiger partial charge in [0.1, 0.15) is 5.75 Å². The number of ether oxygens (including phenoxy) is 1. The second-order valence-electron chi connectivity index (χ2n) is 5.86. The van der Waals surface area contributed by atoms with Gasteiger partial charge in [0.05, 0.1) is 22.6 Å². The molecule has 0 aliphatic rings. The maximum Gasteiger partial charge on any atom is 0.136 e.